The Bertz CT molecular complexity index is 706. The summed E-state index contributed by atoms with van der Waals surface area (Å²) >= 11 is 0. The van der Waals surface area contributed by atoms with Gasteiger partial charge in [0.1, 0.15) is 5.60 Å². The topological polar surface area (TPSA) is 113 Å². The van der Waals surface area contributed by atoms with Gasteiger partial charge in [-0.1, -0.05) is 0 Å². The minimum atomic E-state index is -0.560. The number of fused-ring (bicyclic) bond motifs is 1. The highest BCUT2D eigenvalue weighted by Crippen LogP contribution is 2.20. The summed E-state index contributed by atoms with van der Waals surface area (Å²) in [4.78, 5) is 35.2. The molecule has 0 saturated heterocycles. The fourth-order valence-electron chi connectivity index (χ4n) is 2.94. The third-order valence-electron chi connectivity index (χ3n) is 4.09. The van der Waals surface area contributed by atoms with Gasteiger partial charge in [0.15, 0.2) is 0 Å². The predicted octanol–water partition coefficient (Wildman–Crippen LogP) is 1.22. The Hall–Kier alpha value is -2.38. The van der Waals surface area contributed by atoms with Gasteiger partial charge in [-0.15, -0.1) is 0 Å². The van der Waals surface area contributed by atoms with E-state index in [1.165, 1.54) is 0 Å². The molecule has 0 fully saturated rings. The summed E-state index contributed by atoms with van der Waals surface area (Å²) in [6, 6.07) is 0. The molecule has 3 N–H and O–H groups in total. The van der Waals surface area contributed by atoms with Crippen LogP contribution in [0.2, 0.25) is 0 Å². The molecule has 8 heteroatoms. The molecule has 0 atom stereocenters. The molecule has 0 saturated carbocycles. The van der Waals surface area contributed by atoms with E-state index in [-0.39, 0.29) is 24.4 Å². The lowest BCUT2D eigenvalue weighted by molar-refractivity contribution is -0.120. The number of hydrogen-bond acceptors (Lipinski definition) is 5. The maximum Gasteiger partial charge on any atom is 0.407 e. The number of carbonyl (C=O) groups is 2. The Morgan fingerprint density at radius 3 is 2.50 bits per heavy atom. The van der Waals surface area contributed by atoms with Crippen LogP contribution >= 0.6 is 0 Å². The van der Waals surface area contributed by atoms with Crippen LogP contribution in [0.5, 0.6) is 0 Å². The van der Waals surface area contributed by atoms with Gasteiger partial charge in [0.25, 0.3) is 5.56 Å². The molecular formula is C18H28N4O4. The normalized spacial score (nSPS) is 13.7. The standard InChI is InChI=1S/C18H28N4O4/c1-18(2,3)26-17(25)20-11-9-15(23)19-10-8-14-12-6-4-5-7-13(12)16(24)22-21-14/h4-11H2,1-3H3,(H,19,23)(H,20,25)(H,22,24). The second-order valence-corrected chi connectivity index (χ2v) is 7.44. The fraction of sp³-hybridized carbons (Fsp3) is 0.667. The Balaban J connectivity index is 1.72. The predicted molar refractivity (Wildman–Crippen MR) is 97.1 cm³/mol. The molecule has 0 bridgehead atoms. The number of H-pyrrole nitrogens is 1. The molecule has 0 radical (unpaired) electrons. The van der Waals surface area contributed by atoms with Gasteiger partial charge < -0.3 is 15.4 Å². The number of alkyl carbamates (subject to hydrolysis) is 1. The van der Waals surface area contributed by atoms with E-state index < -0.39 is 11.7 Å². The molecule has 1 heterocycles. The average molecular weight is 364 g/mol. The van der Waals surface area contributed by atoms with Crippen molar-refractivity contribution in [3.8, 4) is 0 Å². The van der Waals surface area contributed by atoms with Crippen LogP contribution in [0.3, 0.4) is 0 Å². The number of rotatable bonds is 6. The fourth-order valence-corrected chi connectivity index (χ4v) is 2.94. The molecular weight excluding hydrogens is 336 g/mol. The van der Waals surface area contributed by atoms with E-state index in [9.17, 15) is 14.4 Å². The second-order valence-electron chi connectivity index (χ2n) is 7.44. The van der Waals surface area contributed by atoms with Gasteiger partial charge in [-0.3, -0.25) is 9.59 Å². The minimum Gasteiger partial charge on any atom is -0.444 e. The van der Waals surface area contributed by atoms with Crippen LogP contribution in [0.25, 0.3) is 0 Å². The van der Waals surface area contributed by atoms with Crippen molar-refractivity contribution in [1.82, 2.24) is 20.8 Å². The Morgan fingerprint density at radius 2 is 1.81 bits per heavy atom. The molecule has 1 aliphatic rings. The van der Waals surface area contributed by atoms with Crippen LogP contribution in [0, 0.1) is 0 Å². The van der Waals surface area contributed by atoms with Crippen molar-refractivity contribution in [2.75, 3.05) is 13.1 Å². The number of aromatic amines is 1. The third kappa shape index (κ3) is 6.16. The summed E-state index contributed by atoms with van der Waals surface area (Å²) < 4.78 is 5.10. The zero-order chi connectivity index (χ0) is 19.2. The number of nitrogens with one attached hydrogen (secondary N) is 3. The van der Waals surface area contributed by atoms with Crippen LogP contribution in [0.4, 0.5) is 4.79 Å². The van der Waals surface area contributed by atoms with Crippen LogP contribution in [-0.4, -0.2) is 40.9 Å². The highest BCUT2D eigenvalue weighted by atomic mass is 16.6. The molecule has 0 spiro atoms. The number of ether oxygens (including phenoxy) is 1. The number of amides is 2. The van der Waals surface area contributed by atoms with Gasteiger partial charge in [-0.2, -0.15) is 5.10 Å². The van der Waals surface area contributed by atoms with Crippen molar-refractivity contribution in [3.63, 3.8) is 0 Å². The van der Waals surface area contributed by atoms with E-state index in [2.05, 4.69) is 20.8 Å². The maximum atomic E-state index is 11.9. The first kappa shape index (κ1) is 19.9. The first-order valence-corrected chi connectivity index (χ1v) is 9.09. The van der Waals surface area contributed by atoms with Crippen LogP contribution < -0.4 is 16.2 Å². The molecule has 1 aromatic rings. The third-order valence-corrected chi connectivity index (χ3v) is 4.09. The molecule has 1 aliphatic carbocycles. The summed E-state index contributed by atoms with van der Waals surface area (Å²) in [5.74, 6) is -0.153. The summed E-state index contributed by atoms with van der Waals surface area (Å²) in [6.07, 6.45) is 3.97. The van der Waals surface area contributed by atoms with Crippen molar-refractivity contribution in [1.29, 1.82) is 0 Å². The lowest BCUT2D eigenvalue weighted by Gasteiger charge is -2.19. The molecule has 2 amide bonds. The van der Waals surface area contributed by atoms with Gasteiger partial charge in [-0.25, -0.2) is 9.89 Å². The highest BCUT2D eigenvalue weighted by molar-refractivity contribution is 5.77. The SMILES string of the molecule is CC(C)(C)OC(=O)NCCC(=O)NCCc1n[nH]c(=O)c2c1CCCC2. The monoisotopic (exact) mass is 364 g/mol. The Morgan fingerprint density at radius 1 is 1.12 bits per heavy atom. The van der Waals surface area contributed by atoms with Gasteiger partial charge in [0.2, 0.25) is 5.91 Å². The largest absolute Gasteiger partial charge is 0.444 e. The molecule has 2 rings (SSSR count). The molecule has 0 unspecified atom stereocenters. The number of nitrogens with zero attached hydrogens (tertiary/aromatic N) is 1. The van der Waals surface area contributed by atoms with E-state index in [1.54, 1.807) is 20.8 Å². The second kappa shape index (κ2) is 8.82. The first-order chi connectivity index (χ1) is 12.3. The van der Waals surface area contributed by atoms with Gasteiger partial charge in [-0.05, 0) is 52.0 Å². The van der Waals surface area contributed by atoms with Crippen molar-refractivity contribution in [3.05, 3.63) is 27.2 Å². The molecule has 1 aromatic heterocycles. The summed E-state index contributed by atoms with van der Waals surface area (Å²) in [6.45, 7) is 6.00. The molecule has 26 heavy (non-hydrogen) atoms. The van der Waals surface area contributed by atoms with Crippen LogP contribution in [0.15, 0.2) is 4.79 Å². The van der Waals surface area contributed by atoms with Crippen molar-refractivity contribution >= 4 is 12.0 Å². The maximum absolute atomic E-state index is 11.9. The smallest absolute Gasteiger partial charge is 0.407 e. The summed E-state index contributed by atoms with van der Waals surface area (Å²) in [5, 5.41) is 12.1. The lowest BCUT2D eigenvalue weighted by Crippen LogP contribution is -2.35. The van der Waals surface area contributed by atoms with Crippen molar-refractivity contribution in [2.45, 2.75) is 64.9 Å². The van der Waals surface area contributed by atoms with E-state index >= 15 is 0 Å². The quantitative estimate of drug-likeness (QED) is 0.702. The van der Waals surface area contributed by atoms with Crippen LogP contribution in [-0.2, 0) is 28.8 Å². The Kier molecular flexibility index (Phi) is 6.76. The van der Waals surface area contributed by atoms with Crippen molar-refractivity contribution < 1.29 is 14.3 Å². The number of carbonyl (C=O) groups excluding carboxylic acids is 2. The number of aromatic nitrogens is 2. The number of hydrogen-bond donors (Lipinski definition) is 3. The molecule has 8 nitrogen and oxygen atoms in total. The van der Waals surface area contributed by atoms with Crippen LogP contribution in [0.1, 0.15) is 56.9 Å². The summed E-state index contributed by atoms with van der Waals surface area (Å²) in [5.41, 5.74) is 2.08. The average Bonchev–Trinajstić information content (AvgIpc) is 2.55. The van der Waals surface area contributed by atoms with Gasteiger partial charge >= 0.3 is 6.09 Å². The lowest BCUT2D eigenvalue weighted by atomic mass is 9.91. The van der Waals surface area contributed by atoms with Gasteiger partial charge in [0.05, 0.1) is 5.69 Å². The van der Waals surface area contributed by atoms with E-state index in [1.807, 2.05) is 0 Å². The molecule has 0 aromatic carbocycles. The highest BCUT2D eigenvalue weighted by Gasteiger charge is 2.18. The van der Waals surface area contributed by atoms with E-state index in [4.69, 9.17) is 4.74 Å². The van der Waals surface area contributed by atoms with Gasteiger partial charge in [0, 0.05) is 31.5 Å². The molecule has 144 valence electrons. The summed E-state index contributed by atoms with van der Waals surface area (Å²) in [7, 11) is 0. The Labute approximate surface area is 153 Å². The zero-order valence-electron chi connectivity index (χ0n) is 15.7. The van der Waals surface area contributed by atoms with E-state index in [0.29, 0.717) is 13.0 Å². The first-order valence-electron chi connectivity index (χ1n) is 9.09. The minimum absolute atomic E-state index is 0.0966. The molecule has 0 aliphatic heterocycles. The van der Waals surface area contributed by atoms with E-state index in [0.717, 1.165) is 42.5 Å². The van der Waals surface area contributed by atoms with Crippen molar-refractivity contribution in [2.24, 2.45) is 0 Å². The zero-order valence-corrected chi connectivity index (χ0v) is 15.7.